The Bertz CT molecular complexity index is 843. The SMILES string of the molecule is CCOCCCn1c(SCC(=O)C(C)(C)C)nc2cc(Cl)ccc2c1=O. The van der Waals surface area contributed by atoms with Crippen LogP contribution in [-0.2, 0) is 16.1 Å². The molecule has 5 nitrogen and oxygen atoms in total. The third-order valence-corrected chi connectivity index (χ3v) is 5.14. The molecule has 0 bridgehead atoms. The fraction of sp³-hybridized carbons (Fsp3) is 0.526. The fourth-order valence-corrected chi connectivity index (χ4v) is 3.65. The zero-order chi connectivity index (χ0) is 19.3. The zero-order valence-corrected chi connectivity index (χ0v) is 17.2. The van der Waals surface area contributed by atoms with E-state index in [2.05, 4.69) is 4.98 Å². The first-order valence-corrected chi connectivity index (χ1v) is 10.0. The summed E-state index contributed by atoms with van der Waals surface area (Å²) >= 11 is 7.34. The average Bonchev–Trinajstić information content (AvgIpc) is 2.57. The van der Waals surface area contributed by atoms with Crippen LogP contribution in [0, 0.1) is 5.41 Å². The van der Waals surface area contributed by atoms with Crippen LogP contribution in [0.1, 0.15) is 34.1 Å². The Labute approximate surface area is 163 Å². The molecular weight excluding hydrogens is 372 g/mol. The van der Waals surface area contributed by atoms with Crippen LogP contribution in [-0.4, -0.2) is 34.3 Å². The lowest BCUT2D eigenvalue weighted by Gasteiger charge is -2.17. The van der Waals surface area contributed by atoms with Crippen molar-refractivity contribution < 1.29 is 9.53 Å². The molecule has 0 amide bonds. The van der Waals surface area contributed by atoms with Crippen LogP contribution in [0.5, 0.6) is 0 Å². The molecule has 142 valence electrons. The molecule has 0 saturated heterocycles. The maximum Gasteiger partial charge on any atom is 0.262 e. The quantitative estimate of drug-likeness (QED) is 0.380. The number of ether oxygens (including phenoxy) is 1. The molecular formula is C19H25ClN2O3S. The van der Waals surface area contributed by atoms with Crippen molar-refractivity contribution in [2.45, 2.75) is 45.8 Å². The number of thioether (sulfide) groups is 1. The van der Waals surface area contributed by atoms with E-state index >= 15 is 0 Å². The predicted octanol–water partition coefficient (Wildman–Crippen LogP) is 4.18. The molecule has 0 aliphatic heterocycles. The highest BCUT2D eigenvalue weighted by molar-refractivity contribution is 7.99. The summed E-state index contributed by atoms with van der Waals surface area (Å²) in [5, 5.41) is 1.59. The maximum absolute atomic E-state index is 12.9. The van der Waals surface area contributed by atoms with Gasteiger partial charge in [0.1, 0.15) is 5.78 Å². The van der Waals surface area contributed by atoms with E-state index in [4.69, 9.17) is 16.3 Å². The van der Waals surface area contributed by atoms with E-state index in [9.17, 15) is 9.59 Å². The lowest BCUT2D eigenvalue weighted by atomic mass is 9.92. The fourth-order valence-electron chi connectivity index (χ4n) is 2.30. The average molecular weight is 397 g/mol. The monoisotopic (exact) mass is 396 g/mol. The van der Waals surface area contributed by atoms with Gasteiger partial charge in [-0.1, -0.05) is 44.1 Å². The molecule has 0 aliphatic rings. The van der Waals surface area contributed by atoms with Crippen LogP contribution in [0.3, 0.4) is 0 Å². The van der Waals surface area contributed by atoms with Crippen molar-refractivity contribution in [3.63, 3.8) is 0 Å². The van der Waals surface area contributed by atoms with Gasteiger partial charge < -0.3 is 4.74 Å². The number of aromatic nitrogens is 2. The summed E-state index contributed by atoms with van der Waals surface area (Å²) in [5.74, 6) is 0.386. The van der Waals surface area contributed by atoms with Crippen molar-refractivity contribution >= 4 is 40.0 Å². The number of benzene rings is 1. The first-order valence-electron chi connectivity index (χ1n) is 8.68. The Kier molecular flexibility index (Phi) is 7.26. The molecule has 0 unspecified atom stereocenters. The van der Waals surface area contributed by atoms with Gasteiger partial charge in [-0.2, -0.15) is 0 Å². The van der Waals surface area contributed by atoms with Crippen LogP contribution in [0.25, 0.3) is 10.9 Å². The van der Waals surface area contributed by atoms with E-state index in [0.29, 0.717) is 47.3 Å². The van der Waals surface area contributed by atoms with Gasteiger partial charge in [0.2, 0.25) is 0 Å². The molecule has 2 rings (SSSR count). The van der Waals surface area contributed by atoms with Crippen molar-refractivity contribution in [1.82, 2.24) is 9.55 Å². The van der Waals surface area contributed by atoms with Crippen molar-refractivity contribution in [2.75, 3.05) is 19.0 Å². The molecule has 0 atom stereocenters. The van der Waals surface area contributed by atoms with Crippen LogP contribution in [0.2, 0.25) is 5.02 Å². The van der Waals surface area contributed by atoms with E-state index in [1.165, 1.54) is 11.8 Å². The minimum absolute atomic E-state index is 0.115. The second-order valence-corrected chi connectivity index (χ2v) is 8.40. The summed E-state index contributed by atoms with van der Waals surface area (Å²) in [6.07, 6.45) is 0.704. The van der Waals surface area contributed by atoms with Gasteiger partial charge in [-0.25, -0.2) is 4.98 Å². The number of carbonyl (C=O) groups excluding carboxylic acids is 1. The van der Waals surface area contributed by atoms with Gasteiger partial charge in [0.05, 0.1) is 16.7 Å². The summed E-state index contributed by atoms with van der Waals surface area (Å²) in [4.78, 5) is 29.8. The van der Waals surface area contributed by atoms with Crippen LogP contribution in [0.4, 0.5) is 0 Å². The Hall–Kier alpha value is -1.37. The van der Waals surface area contributed by atoms with E-state index < -0.39 is 5.41 Å². The van der Waals surface area contributed by atoms with Crippen molar-refractivity contribution in [3.8, 4) is 0 Å². The first kappa shape index (κ1) is 20.9. The van der Waals surface area contributed by atoms with E-state index in [-0.39, 0.29) is 17.1 Å². The number of nitrogens with zero attached hydrogens (tertiary/aromatic N) is 2. The second-order valence-electron chi connectivity index (χ2n) is 7.02. The summed E-state index contributed by atoms with van der Waals surface area (Å²) < 4.78 is 7.00. The highest BCUT2D eigenvalue weighted by atomic mass is 35.5. The molecule has 2 aromatic rings. The number of halogens is 1. The Morgan fingerprint density at radius 2 is 2.08 bits per heavy atom. The smallest absolute Gasteiger partial charge is 0.262 e. The van der Waals surface area contributed by atoms with E-state index in [0.717, 1.165) is 0 Å². The normalized spacial score (nSPS) is 11.9. The summed E-state index contributed by atoms with van der Waals surface area (Å²) in [6.45, 7) is 9.32. The minimum atomic E-state index is -0.423. The highest BCUT2D eigenvalue weighted by Crippen LogP contribution is 2.24. The number of rotatable bonds is 8. The molecule has 0 aliphatic carbocycles. The van der Waals surface area contributed by atoms with Crippen molar-refractivity contribution in [2.24, 2.45) is 5.41 Å². The lowest BCUT2D eigenvalue weighted by Crippen LogP contribution is -2.26. The number of hydrogen-bond acceptors (Lipinski definition) is 5. The molecule has 0 saturated carbocycles. The van der Waals surface area contributed by atoms with Gasteiger partial charge in [-0.05, 0) is 31.5 Å². The number of fused-ring (bicyclic) bond motifs is 1. The van der Waals surface area contributed by atoms with Crippen molar-refractivity contribution in [1.29, 1.82) is 0 Å². The van der Waals surface area contributed by atoms with Gasteiger partial charge in [-0.3, -0.25) is 14.2 Å². The summed E-state index contributed by atoms with van der Waals surface area (Å²) in [5.41, 5.74) is 0.0101. The topological polar surface area (TPSA) is 61.2 Å². The third kappa shape index (κ3) is 5.32. The third-order valence-electron chi connectivity index (χ3n) is 3.93. The summed E-state index contributed by atoms with van der Waals surface area (Å²) in [7, 11) is 0. The Morgan fingerprint density at radius 1 is 1.35 bits per heavy atom. The number of ketones is 1. The number of Topliss-reactive ketones (excluding diaryl/α,β-unsaturated/α-hetero) is 1. The van der Waals surface area contributed by atoms with Crippen LogP contribution < -0.4 is 5.56 Å². The van der Waals surface area contributed by atoms with Gasteiger partial charge in [0.25, 0.3) is 5.56 Å². The van der Waals surface area contributed by atoms with Gasteiger partial charge in [0.15, 0.2) is 5.16 Å². The highest BCUT2D eigenvalue weighted by Gasteiger charge is 2.22. The molecule has 0 spiro atoms. The van der Waals surface area contributed by atoms with Crippen LogP contribution >= 0.6 is 23.4 Å². The maximum atomic E-state index is 12.9. The van der Waals surface area contributed by atoms with Gasteiger partial charge in [0, 0.05) is 30.2 Å². The number of carbonyl (C=O) groups is 1. The van der Waals surface area contributed by atoms with Crippen molar-refractivity contribution in [3.05, 3.63) is 33.6 Å². The largest absolute Gasteiger partial charge is 0.382 e. The summed E-state index contributed by atoms with van der Waals surface area (Å²) in [6, 6.07) is 5.06. The molecule has 1 aromatic heterocycles. The molecule has 0 N–H and O–H groups in total. The number of hydrogen-bond donors (Lipinski definition) is 0. The van der Waals surface area contributed by atoms with Crippen LogP contribution in [0.15, 0.2) is 28.2 Å². The molecule has 26 heavy (non-hydrogen) atoms. The molecule has 0 fully saturated rings. The Balaban J connectivity index is 2.36. The molecule has 7 heteroatoms. The van der Waals surface area contributed by atoms with Gasteiger partial charge >= 0.3 is 0 Å². The molecule has 0 radical (unpaired) electrons. The minimum Gasteiger partial charge on any atom is -0.382 e. The standard InChI is InChI=1S/C19H25ClN2O3S/c1-5-25-10-6-9-22-17(24)14-8-7-13(20)11-15(14)21-18(22)26-12-16(23)19(2,3)4/h7-8,11H,5-6,9-10,12H2,1-4H3. The Morgan fingerprint density at radius 3 is 2.73 bits per heavy atom. The van der Waals surface area contributed by atoms with Gasteiger partial charge in [-0.15, -0.1) is 0 Å². The zero-order valence-electron chi connectivity index (χ0n) is 15.7. The molecule has 1 aromatic carbocycles. The first-order chi connectivity index (χ1) is 12.2. The van der Waals surface area contributed by atoms with E-state index in [1.54, 1.807) is 22.8 Å². The second kappa shape index (κ2) is 9.02. The predicted molar refractivity (Wildman–Crippen MR) is 107 cm³/mol. The van der Waals surface area contributed by atoms with E-state index in [1.807, 2.05) is 27.7 Å². The lowest BCUT2D eigenvalue weighted by molar-refractivity contribution is -0.123. The molecule has 1 heterocycles.